The number of carbonyl (C=O) groups excluding carboxylic acids is 2. The highest BCUT2D eigenvalue weighted by molar-refractivity contribution is 7.92. The van der Waals surface area contributed by atoms with Gasteiger partial charge in [0.2, 0.25) is 11.8 Å². The lowest BCUT2D eigenvalue weighted by molar-refractivity contribution is -0.140. The van der Waals surface area contributed by atoms with Gasteiger partial charge in [0.05, 0.1) is 10.6 Å². The molecular formula is C31H35ClFN3O4S. The number of hydrogen-bond acceptors (Lipinski definition) is 4. The summed E-state index contributed by atoms with van der Waals surface area (Å²) >= 11 is 6.21. The van der Waals surface area contributed by atoms with E-state index < -0.39 is 34.3 Å². The van der Waals surface area contributed by atoms with Crippen molar-refractivity contribution in [2.24, 2.45) is 0 Å². The van der Waals surface area contributed by atoms with Crippen LogP contribution in [-0.4, -0.2) is 43.8 Å². The molecule has 1 aliphatic rings. The number of benzene rings is 3. The second kappa shape index (κ2) is 14.0. The fourth-order valence-electron chi connectivity index (χ4n) is 5.13. The third-order valence-electron chi connectivity index (χ3n) is 7.31. The summed E-state index contributed by atoms with van der Waals surface area (Å²) in [7, 11) is -4.18. The van der Waals surface area contributed by atoms with Gasteiger partial charge in [-0.15, -0.1) is 0 Å². The van der Waals surface area contributed by atoms with E-state index in [4.69, 9.17) is 11.6 Å². The van der Waals surface area contributed by atoms with Gasteiger partial charge in [0, 0.05) is 17.6 Å². The van der Waals surface area contributed by atoms with Crippen LogP contribution in [0.25, 0.3) is 0 Å². The molecule has 7 nitrogen and oxygen atoms in total. The van der Waals surface area contributed by atoms with Crippen molar-refractivity contribution in [3.8, 4) is 0 Å². The molecule has 0 bridgehead atoms. The first-order chi connectivity index (χ1) is 19.7. The molecule has 0 spiro atoms. The van der Waals surface area contributed by atoms with Crippen LogP contribution < -0.4 is 9.62 Å². The molecule has 0 aliphatic heterocycles. The third-order valence-corrected chi connectivity index (χ3v) is 9.33. The van der Waals surface area contributed by atoms with Crippen molar-refractivity contribution in [3.63, 3.8) is 0 Å². The van der Waals surface area contributed by atoms with Gasteiger partial charge in [-0.3, -0.25) is 13.9 Å². The Hall–Kier alpha value is -3.43. The summed E-state index contributed by atoms with van der Waals surface area (Å²) in [6.45, 7) is 1.25. The largest absolute Gasteiger partial charge is 0.352 e. The monoisotopic (exact) mass is 599 g/mol. The molecule has 0 saturated heterocycles. The first kappa shape index (κ1) is 30.5. The lowest BCUT2D eigenvalue weighted by Crippen LogP contribution is -2.54. The molecule has 4 rings (SSSR count). The van der Waals surface area contributed by atoms with E-state index in [9.17, 15) is 22.4 Å². The van der Waals surface area contributed by atoms with Crippen LogP contribution in [-0.2, 0) is 26.2 Å². The van der Waals surface area contributed by atoms with Gasteiger partial charge in [-0.1, -0.05) is 74.2 Å². The van der Waals surface area contributed by atoms with Crippen LogP contribution in [0.4, 0.5) is 10.1 Å². The number of sulfonamides is 1. The Balaban J connectivity index is 1.69. The highest BCUT2D eigenvalue weighted by Crippen LogP contribution is 2.27. The van der Waals surface area contributed by atoms with Crippen molar-refractivity contribution in [1.29, 1.82) is 0 Å². The summed E-state index contributed by atoms with van der Waals surface area (Å²) < 4.78 is 42.3. The van der Waals surface area contributed by atoms with E-state index in [0.717, 1.165) is 36.4 Å². The predicted molar refractivity (Wildman–Crippen MR) is 158 cm³/mol. The first-order valence-electron chi connectivity index (χ1n) is 13.9. The topological polar surface area (TPSA) is 86.8 Å². The van der Waals surface area contributed by atoms with Crippen molar-refractivity contribution in [2.45, 2.75) is 69.0 Å². The fraction of sp³-hybridized carbons (Fsp3) is 0.355. The molecule has 2 amide bonds. The maximum atomic E-state index is 14.1. The molecule has 1 N–H and O–H groups in total. The van der Waals surface area contributed by atoms with Gasteiger partial charge in [0.1, 0.15) is 18.4 Å². The molecule has 1 aliphatic carbocycles. The Bertz CT molecular complexity index is 1430. The summed E-state index contributed by atoms with van der Waals surface area (Å²) in [5.74, 6) is -1.27. The van der Waals surface area contributed by atoms with Gasteiger partial charge in [0.15, 0.2) is 0 Å². The third kappa shape index (κ3) is 7.86. The molecule has 1 saturated carbocycles. The molecule has 0 radical (unpaired) electrons. The van der Waals surface area contributed by atoms with E-state index in [1.54, 1.807) is 48.5 Å². The lowest BCUT2D eigenvalue weighted by atomic mass is 9.95. The number of nitrogens with one attached hydrogen (secondary N) is 1. The zero-order chi connectivity index (χ0) is 29.4. The summed E-state index contributed by atoms with van der Waals surface area (Å²) in [5, 5.41) is 3.42. The summed E-state index contributed by atoms with van der Waals surface area (Å²) in [6.07, 6.45) is 5.28. The number of nitrogens with zero attached hydrogens (tertiary/aromatic N) is 2. The van der Waals surface area contributed by atoms with Crippen LogP contribution in [0, 0.1) is 5.82 Å². The molecule has 1 fully saturated rings. The predicted octanol–water partition coefficient (Wildman–Crippen LogP) is 5.93. The standard InChI is InChI=1S/C31H35ClFN3O4S/c1-2-29(31(38)34-26-11-5-3-6-12-26)35(21-23-16-18-25(33)19-17-23)30(37)22-36(27-13-9-10-24(32)20-27)41(39,40)28-14-7-4-8-15-28/h4,7-10,13-20,26,29H,2-3,5-6,11-12,21-22H2,1H3,(H,34,38). The van der Waals surface area contributed by atoms with Gasteiger partial charge in [0.25, 0.3) is 10.0 Å². The molecule has 0 aromatic heterocycles. The molecular weight excluding hydrogens is 565 g/mol. The molecule has 3 aromatic carbocycles. The summed E-state index contributed by atoms with van der Waals surface area (Å²) in [5.41, 5.74) is 0.833. The lowest BCUT2D eigenvalue weighted by Gasteiger charge is -2.34. The van der Waals surface area contributed by atoms with Crippen molar-refractivity contribution in [2.75, 3.05) is 10.8 Å². The summed E-state index contributed by atoms with van der Waals surface area (Å²) in [4.78, 5) is 29.0. The van der Waals surface area contributed by atoms with Crippen LogP contribution >= 0.6 is 11.6 Å². The molecule has 218 valence electrons. The maximum Gasteiger partial charge on any atom is 0.264 e. The zero-order valence-corrected chi connectivity index (χ0v) is 24.6. The Morgan fingerprint density at radius 3 is 2.29 bits per heavy atom. The SMILES string of the molecule is CCC(C(=O)NC1CCCCC1)N(Cc1ccc(F)cc1)C(=O)CN(c1cccc(Cl)c1)S(=O)(=O)c1ccccc1. The van der Waals surface area contributed by atoms with Crippen molar-refractivity contribution < 1.29 is 22.4 Å². The van der Waals surface area contributed by atoms with Crippen LogP contribution in [0.2, 0.25) is 5.02 Å². The zero-order valence-electron chi connectivity index (χ0n) is 23.0. The highest BCUT2D eigenvalue weighted by atomic mass is 35.5. The molecule has 1 atom stereocenters. The van der Waals surface area contributed by atoms with Crippen molar-refractivity contribution in [3.05, 3.63) is 95.3 Å². The van der Waals surface area contributed by atoms with E-state index in [-0.39, 0.29) is 29.1 Å². The Labute approximate surface area is 246 Å². The first-order valence-corrected chi connectivity index (χ1v) is 15.7. The second-order valence-electron chi connectivity index (χ2n) is 10.2. The average molecular weight is 600 g/mol. The average Bonchev–Trinajstić information content (AvgIpc) is 2.97. The van der Waals surface area contributed by atoms with E-state index in [1.807, 2.05) is 6.92 Å². The number of carbonyl (C=O) groups is 2. The Kier molecular flexibility index (Phi) is 10.4. The molecule has 3 aromatic rings. The number of halogens is 2. The van der Waals surface area contributed by atoms with E-state index in [0.29, 0.717) is 17.0 Å². The molecule has 41 heavy (non-hydrogen) atoms. The highest BCUT2D eigenvalue weighted by Gasteiger charge is 2.34. The van der Waals surface area contributed by atoms with Gasteiger partial charge >= 0.3 is 0 Å². The minimum Gasteiger partial charge on any atom is -0.352 e. The number of anilines is 1. The van der Waals surface area contributed by atoms with Gasteiger partial charge < -0.3 is 10.2 Å². The van der Waals surface area contributed by atoms with E-state index in [2.05, 4.69) is 5.32 Å². The van der Waals surface area contributed by atoms with Crippen LogP contribution in [0.5, 0.6) is 0 Å². The fourth-order valence-corrected chi connectivity index (χ4v) is 6.74. The van der Waals surface area contributed by atoms with E-state index >= 15 is 0 Å². The minimum atomic E-state index is -4.18. The maximum absolute atomic E-state index is 14.1. The van der Waals surface area contributed by atoms with E-state index in [1.165, 1.54) is 35.2 Å². The normalized spacial score (nSPS) is 14.7. The van der Waals surface area contributed by atoms with Gasteiger partial charge in [-0.2, -0.15) is 0 Å². The van der Waals surface area contributed by atoms with Crippen LogP contribution in [0.15, 0.2) is 83.8 Å². The Morgan fingerprint density at radius 2 is 1.66 bits per heavy atom. The minimum absolute atomic E-state index is 0.00444. The smallest absolute Gasteiger partial charge is 0.264 e. The molecule has 10 heteroatoms. The van der Waals surface area contributed by atoms with Gasteiger partial charge in [-0.25, -0.2) is 12.8 Å². The number of rotatable bonds is 11. The number of amides is 2. The van der Waals surface area contributed by atoms with Crippen molar-refractivity contribution in [1.82, 2.24) is 10.2 Å². The number of hydrogen-bond donors (Lipinski definition) is 1. The quantitative estimate of drug-likeness (QED) is 0.296. The summed E-state index contributed by atoms with van der Waals surface area (Å²) in [6, 6.07) is 19.0. The second-order valence-corrected chi connectivity index (χ2v) is 12.5. The molecule has 0 heterocycles. The molecule has 1 unspecified atom stereocenters. The Morgan fingerprint density at radius 1 is 0.976 bits per heavy atom. The van der Waals surface area contributed by atoms with Crippen LogP contribution in [0.3, 0.4) is 0 Å². The van der Waals surface area contributed by atoms with Crippen LogP contribution in [0.1, 0.15) is 51.0 Å². The van der Waals surface area contributed by atoms with Crippen molar-refractivity contribution >= 4 is 39.1 Å². The van der Waals surface area contributed by atoms with Gasteiger partial charge in [-0.05, 0) is 67.3 Å².